The van der Waals surface area contributed by atoms with E-state index in [1.54, 1.807) is 0 Å². The Hall–Kier alpha value is -3.29. The van der Waals surface area contributed by atoms with Crippen molar-refractivity contribution in [3.8, 4) is 5.75 Å². The highest BCUT2D eigenvalue weighted by atomic mass is 79.9. The lowest BCUT2D eigenvalue weighted by Crippen LogP contribution is -2.19. The van der Waals surface area contributed by atoms with Crippen LogP contribution >= 0.6 is 27.7 Å². The molecule has 35 heavy (non-hydrogen) atoms. The van der Waals surface area contributed by atoms with E-state index in [-0.39, 0.29) is 5.91 Å². The van der Waals surface area contributed by atoms with E-state index in [2.05, 4.69) is 80.2 Å². The van der Waals surface area contributed by atoms with Crippen LogP contribution in [0.25, 0.3) is 17.0 Å². The third-order valence-corrected chi connectivity index (χ3v) is 7.28. The van der Waals surface area contributed by atoms with E-state index in [0.29, 0.717) is 16.7 Å². The number of carbonyl (C=O) groups excluding carboxylic acids is 1. The second-order valence-corrected chi connectivity index (χ2v) is 10.1. The lowest BCUT2D eigenvalue weighted by molar-refractivity contribution is -0.115. The minimum absolute atomic E-state index is 0.135. The normalized spacial score (nSPS) is 15.8. The van der Waals surface area contributed by atoms with E-state index >= 15 is 0 Å². The molecule has 1 N–H and O–H groups in total. The number of halogens is 1. The summed E-state index contributed by atoms with van der Waals surface area (Å²) in [6.45, 7) is 5.43. The number of hydrogen-bond acceptors (Lipinski definition) is 4. The Morgan fingerprint density at radius 3 is 2.54 bits per heavy atom. The van der Waals surface area contributed by atoms with Gasteiger partial charge in [-0.2, -0.15) is 0 Å². The molecule has 1 amide bonds. The van der Waals surface area contributed by atoms with Crippen LogP contribution in [0.2, 0.25) is 0 Å². The lowest BCUT2D eigenvalue weighted by atomic mass is 10.1. The van der Waals surface area contributed by atoms with Crippen molar-refractivity contribution in [3.63, 3.8) is 0 Å². The predicted octanol–water partition coefficient (Wildman–Crippen LogP) is 7.05. The molecule has 1 aliphatic heterocycles. The Morgan fingerprint density at radius 1 is 1.06 bits per heavy atom. The van der Waals surface area contributed by atoms with Crippen LogP contribution in [0.5, 0.6) is 5.75 Å². The summed E-state index contributed by atoms with van der Waals surface area (Å²) in [7, 11) is 0. The topological polar surface area (TPSA) is 55.6 Å². The quantitative estimate of drug-likeness (QED) is 0.264. The number of amides is 1. The Labute approximate surface area is 217 Å². The fourth-order valence-electron chi connectivity index (χ4n) is 4.13. The van der Waals surface area contributed by atoms with Gasteiger partial charge in [-0.25, -0.2) is 4.99 Å². The third kappa shape index (κ3) is 5.06. The zero-order valence-electron chi connectivity index (χ0n) is 19.4. The first-order valence-corrected chi connectivity index (χ1v) is 13.0. The number of benzene rings is 3. The lowest BCUT2D eigenvalue weighted by Gasteiger charge is -2.09. The van der Waals surface area contributed by atoms with Crippen LogP contribution in [0.4, 0.5) is 5.69 Å². The molecule has 5 nitrogen and oxygen atoms in total. The van der Waals surface area contributed by atoms with Gasteiger partial charge in [0.25, 0.3) is 5.91 Å². The average Bonchev–Trinajstić information content (AvgIpc) is 3.33. The molecule has 0 aliphatic carbocycles. The molecule has 3 aromatic carbocycles. The van der Waals surface area contributed by atoms with E-state index in [1.165, 1.54) is 17.3 Å². The Morgan fingerprint density at radius 2 is 1.80 bits per heavy atom. The zero-order chi connectivity index (χ0) is 24.4. The number of rotatable bonds is 6. The highest BCUT2D eigenvalue weighted by Gasteiger charge is 2.25. The van der Waals surface area contributed by atoms with Crippen molar-refractivity contribution in [2.45, 2.75) is 20.4 Å². The maximum absolute atomic E-state index is 12.8. The van der Waals surface area contributed by atoms with E-state index in [1.807, 2.05) is 43.3 Å². The summed E-state index contributed by atoms with van der Waals surface area (Å²) in [5.41, 5.74) is 5.30. The zero-order valence-corrected chi connectivity index (χ0v) is 21.8. The number of carbonyl (C=O) groups is 1. The summed E-state index contributed by atoms with van der Waals surface area (Å²) in [5.74, 6) is 0.666. The predicted molar refractivity (Wildman–Crippen MR) is 148 cm³/mol. The van der Waals surface area contributed by atoms with Crippen LogP contribution in [0.1, 0.15) is 23.7 Å². The van der Waals surface area contributed by atoms with Gasteiger partial charge < -0.3 is 14.6 Å². The number of ether oxygens (including phenoxy) is 1. The van der Waals surface area contributed by atoms with Crippen LogP contribution in [0.15, 0.2) is 87.2 Å². The molecular weight excluding hydrogens is 522 g/mol. The number of fused-ring (bicyclic) bond motifs is 1. The minimum Gasteiger partial charge on any atom is -0.494 e. The molecule has 0 saturated carbocycles. The van der Waals surface area contributed by atoms with Gasteiger partial charge in [-0.3, -0.25) is 4.79 Å². The fourth-order valence-corrected chi connectivity index (χ4v) is 5.22. The van der Waals surface area contributed by atoms with Crippen LogP contribution in [-0.2, 0) is 11.3 Å². The number of aromatic nitrogens is 1. The van der Waals surface area contributed by atoms with Crippen molar-refractivity contribution >= 4 is 61.4 Å². The molecule has 4 aromatic rings. The molecule has 0 atom stereocenters. The van der Waals surface area contributed by atoms with Gasteiger partial charge in [0.2, 0.25) is 0 Å². The molecular formula is C28H24BrN3O2S. The smallest absolute Gasteiger partial charge is 0.264 e. The molecule has 0 bridgehead atoms. The summed E-state index contributed by atoms with van der Waals surface area (Å²) in [6.07, 6.45) is 1.98. The maximum atomic E-state index is 12.8. The number of para-hydroxylation sites is 1. The molecule has 1 aromatic heterocycles. The van der Waals surface area contributed by atoms with E-state index in [9.17, 15) is 4.79 Å². The summed E-state index contributed by atoms with van der Waals surface area (Å²) in [6, 6.07) is 24.2. The number of aliphatic imine (C=N–C) groups is 1. The summed E-state index contributed by atoms with van der Waals surface area (Å²) in [5, 5.41) is 4.59. The molecule has 5 rings (SSSR count). The number of nitrogens with one attached hydrogen (secondary N) is 1. The summed E-state index contributed by atoms with van der Waals surface area (Å²) >= 11 is 4.87. The molecule has 2 heterocycles. The van der Waals surface area contributed by atoms with Gasteiger partial charge in [0, 0.05) is 33.2 Å². The summed E-state index contributed by atoms with van der Waals surface area (Å²) < 4.78 is 8.85. The van der Waals surface area contributed by atoms with Gasteiger partial charge in [-0.1, -0.05) is 46.3 Å². The highest BCUT2D eigenvalue weighted by Crippen LogP contribution is 2.33. The molecule has 0 radical (unpaired) electrons. The molecule has 176 valence electrons. The Bertz CT molecular complexity index is 1450. The summed E-state index contributed by atoms with van der Waals surface area (Å²) in [4.78, 5) is 18.0. The van der Waals surface area contributed by atoms with Crippen molar-refractivity contribution in [3.05, 3.63) is 99.0 Å². The van der Waals surface area contributed by atoms with Crippen LogP contribution in [0, 0.1) is 6.92 Å². The SMILES string of the molecule is CCOc1ccc(N=C2NC(=O)/C(=C\c3c(C)n(Cc4ccc(Br)cc4)c4ccccc34)S2)cc1. The monoisotopic (exact) mass is 545 g/mol. The molecule has 7 heteroatoms. The molecule has 0 unspecified atom stereocenters. The van der Waals surface area contributed by atoms with E-state index < -0.39 is 0 Å². The van der Waals surface area contributed by atoms with Crippen LogP contribution in [0.3, 0.4) is 0 Å². The average molecular weight is 546 g/mol. The van der Waals surface area contributed by atoms with Gasteiger partial charge in [-0.15, -0.1) is 0 Å². The van der Waals surface area contributed by atoms with Gasteiger partial charge in [-0.05, 0) is 79.7 Å². The van der Waals surface area contributed by atoms with Gasteiger partial charge in [0.05, 0.1) is 17.2 Å². The van der Waals surface area contributed by atoms with Gasteiger partial charge in [0.1, 0.15) is 5.75 Å². The highest BCUT2D eigenvalue weighted by molar-refractivity contribution is 9.10. The van der Waals surface area contributed by atoms with Crippen molar-refractivity contribution in [2.75, 3.05) is 6.61 Å². The van der Waals surface area contributed by atoms with Crippen LogP contribution in [-0.4, -0.2) is 22.2 Å². The second kappa shape index (κ2) is 10.1. The minimum atomic E-state index is -0.135. The Balaban J connectivity index is 1.46. The van der Waals surface area contributed by atoms with Crippen molar-refractivity contribution in [1.29, 1.82) is 0 Å². The third-order valence-electron chi connectivity index (χ3n) is 5.84. The molecule has 0 spiro atoms. The second-order valence-electron chi connectivity index (χ2n) is 8.14. The van der Waals surface area contributed by atoms with Crippen molar-refractivity contribution in [2.24, 2.45) is 4.99 Å². The van der Waals surface area contributed by atoms with E-state index in [0.717, 1.165) is 44.6 Å². The van der Waals surface area contributed by atoms with Gasteiger partial charge >= 0.3 is 0 Å². The molecule has 1 aliphatic rings. The Kier molecular flexibility index (Phi) is 6.79. The number of amidine groups is 1. The largest absolute Gasteiger partial charge is 0.494 e. The van der Waals surface area contributed by atoms with Crippen molar-refractivity contribution in [1.82, 2.24) is 9.88 Å². The van der Waals surface area contributed by atoms with Crippen LogP contribution < -0.4 is 10.1 Å². The standard InChI is InChI=1S/C28H24BrN3O2S/c1-3-34-22-14-12-21(13-15-22)30-28-31-27(33)26(35-28)16-24-18(2)32(25-7-5-4-6-23(24)25)17-19-8-10-20(29)11-9-19/h4-16H,3,17H2,1-2H3,(H,30,31,33)/b26-16+. The molecule has 1 fully saturated rings. The van der Waals surface area contributed by atoms with Gasteiger partial charge in [0.15, 0.2) is 5.17 Å². The first-order chi connectivity index (χ1) is 17.0. The first-order valence-electron chi connectivity index (χ1n) is 11.4. The molecule has 1 saturated heterocycles. The first kappa shape index (κ1) is 23.5. The van der Waals surface area contributed by atoms with E-state index in [4.69, 9.17) is 4.74 Å². The number of hydrogen-bond donors (Lipinski definition) is 1. The number of nitrogens with zero attached hydrogens (tertiary/aromatic N) is 2. The van der Waals surface area contributed by atoms with Crippen molar-refractivity contribution < 1.29 is 9.53 Å². The maximum Gasteiger partial charge on any atom is 0.264 e. The number of thioether (sulfide) groups is 1. The fraction of sp³-hybridized carbons (Fsp3) is 0.143.